The van der Waals surface area contributed by atoms with Crippen molar-refractivity contribution >= 4 is 22.0 Å². The Morgan fingerprint density at radius 2 is 2.12 bits per heavy atom. The van der Waals surface area contributed by atoms with Crippen molar-refractivity contribution in [2.45, 2.75) is 32.7 Å². The van der Waals surface area contributed by atoms with E-state index in [4.69, 9.17) is 5.11 Å². The number of rotatable bonds is 3. The first-order valence-corrected chi connectivity index (χ1v) is 6.21. The minimum absolute atomic E-state index is 0.388. The number of aromatic nitrogens is 1. The summed E-state index contributed by atoms with van der Waals surface area (Å²) in [5.74, 6) is 0. The van der Waals surface area contributed by atoms with E-state index in [2.05, 4.69) is 20.9 Å². The highest BCUT2D eigenvalue weighted by molar-refractivity contribution is 9.10. The Labute approximate surface area is 110 Å². The molecule has 1 heterocycles. The average molecular weight is 301 g/mol. The Morgan fingerprint density at radius 3 is 2.53 bits per heavy atom. The zero-order chi connectivity index (χ0) is 13.1. The predicted octanol–water partition coefficient (Wildman–Crippen LogP) is 3.17. The first-order chi connectivity index (χ1) is 7.80. The maximum absolute atomic E-state index is 11.1. The second-order valence-electron chi connectivity index (χ2n) is 4.82. The molecule has 0 aliphatic heterocycles. The van der Waals surface area contributed by atoms with Crippen LogP contribution < -0.4 is 0 Å². The fourth-order valence-electron chi connectivity index (χ4n) is 1.50. The van der Waals surface area contributed by atoms with Gasteiger partial charge in [0.25, 0.3) is 0 Å². The van der Waals surface area contributed by atoms with Gasteiger partial charge >= 0.3 is 6.09 Å². The van der Waals surface area contributed by atoms with Crippen LogP contribution in [0.25, 0.3) is 0 Å². The van der Waals surface area contributed by atoms with Gasteiger partial charge < -0.3 is 10.0 Å². The molecule has 0 unspecified atom stereocenters. The summed E-state index contributed by atoms with van der Waals surface area (Å²) < 4.78 is 0.923. The summed E-state index contributed by atoms with van der Waals surface area (Å²) in [7, 11) is 0. The number of carbonyl (C=O) groups is 1. The van der Waals surface area contributed by atoms with E-state index in [-0.39, 0.29) is 5.54 Å². The Hall–Kier alpha value is -1.10. The van der Waals surface area contributed by atoms with Crippen LogP contribution in [0.5, 0.6) is 0 Å². The minimum Gasteiger partial charge on any atom is -0.465 e. The summed E-state index contributed by atoms with van der Waals surface area (Å²) in [4.78, 5) is 16.8. The summed E-state index contributed by atoms with van der Waals surface area (Å²) in [6.07, 6.45) is 1.45. The lowest BCUT2D eigenvalue weighted by Crippen LogP contribution is -2.46. The van der Waals surface area contributed by atoms with Crippen LogP contribution >= 0.6 is 15.9 Å². The first-order valence-electron chi connectivity index (χ1n) is 5.41. The minimum atomic E-state index is -0.894. The molecule has 0 atom stereocenters. The van der Waals surface area contributed by atoms with Crippen molar-refractivity contribution < 1.29 is 9.90 Å². The molecule has 94 valence electrons. The van der Waals surface area contributed by atoms with Crippen LogP contribution in [0.4, 0.5) is 4.79 Å². The molecule has 17 heavy (non-hydrogen) atoms. The molecule has 0 saturated carbocycles. The van der Waals surface area contributed by atoms with Gasteiger partial charge in [-0.15, -0.1) is 0 Å². The van der Waals surface area contributed by atoms with E-state index >= 15 is 0 Å². The molecule has 1 aromatic heterocycles. The predicted molar refractivity (Wildman–Crippen MR) is 70.1 cm³/mol. The molecule has 1 rings (SSSR count). The standard InChI is InChI=1S/C12H17BrN2O2/c1-12(2,3)15(11(16)17)7-6-10-5-4-9(13)8-14-10/h4-5,8H,6-7H2,1-3H3,(H,16,17). The van der Waals surface area contributed by atoms with Gasteiger partial charge in [0.2, 0.25) is 0 Å². The Morgan fingerprint density at radius 1 is 1.47 bits per heavy atom. The Kier molecular flexibility index (Phi) is 4.51. The van der Waals surface area contributed by atoms with Crippen LogP contribution in [0.2, 0.25) is 0 Å². The van der Waals surface area contributed by atoms with E-state index in [0.717, 1.165) is 10.2 Å². The molecule has 4 nitrogen and oxygen atoms in total. The van der Waals surface area contributed by atoms with Gasteiger partial charge in [-0.1, -0.05) is 0 Å². The van der Waals surface area contributed by atoms with Crippen LogP contribution in [0.1, 0.15) is 26.5 Å². The van der Waals surface area contributed by atoms with E-state index in [1.54, 1.807) is 6.20 Å². The number of halogens is 1. The lowest BCUT2D eigenvalue weighted by atomic mass is 10.1. The highest BCUT2D eigenvalue weighted by Crippen LogP contribution is 2.14. The van der Waals surface area contributed by atoms with Crippen molar-refractivity contribution in [1.29, 1.82) is 0 Å². The van der Waals surface area contributed by atoms with Crippen molar-refractivity contribution in [3.8, 4) is 0 Å². The summed E-state index contributed by atoms with van der Waals surface area (Å²) >= 11 is 3.31. The quantitative estimate of drug-likeness (QED) is 0.933. The fraction of sp³-hybridized carbons (Fsp3) is 0.500. The lowest BCUT2D eigenvalue weighted by molar-refractivity contribution is 0.101. The first kappa shape index (κ1) is 14.0. The second-order valence-corrected chi connectivity index (χ2v) is 5.74. The van der Waals surface area contributed by atoms with Gasteiger partial charge in [0, 0.05) is 34.9 Å². The summed E-state index contributed by atoms with van der Waals surface area (Å²) in [5.41, 5.74) is 0.505. The molecule has 0 bridgehead atoms. The van der Waals surface area contributed by atoms with Gasteiger partial charge in [0.05, 0.1) is 0 Å². The molecule has 0 radical (unpaired) electrons. The van der Waals surface area contributed by atoms with Crippen LogP contribution in [0.3, 0.4) is 0 Å². The molecule has 0 saturated heterocycles. The average Bonchev–Trinajstić information content (AvgIpc) is 2.18. The van der Waals surface area contributed by atoms with Crippen LogP contribution in [-0.2, 0) is 6.42 Å². The Bertz CT molecular complexity index is 384. The van der Waals surface area contributed by atoms with Crippen molar-refractivity contribution in [3.05, 3.63) is 28.5 Å². The van der Waals surface area contributed by atoms with Crippen LogP contribution in [0, 0.1) is 0 Å². The summed E-state index contributed by atoms with van der Waals surface area (Å²) in [6.45, 7) is 6.11. The van der Waals surface area contributed by atoms with Crippen LogP contribution in [-0.4, -0.2) is 33.2 Å². The molecule has 0 fully saturated rings. The molecule has 1 aromatic rings. The molecule has 0 spiro atoms. The number of hydrogen-bond acceptors (Lipinski definition) is 2. The van der Waals surface area contributed by atoms with Gasteiger partial charge in [-0.05, 0) is 48.8 Å². The van der Waals surface area contributed by atoms with E-state index in [9.17, 15) is 4.79 Å². The third-order valence-corrected chi connectivity index (χ3v) is 2.89. The van der Waals surface area contributed by atoms with E-state index in [1.165, 1.54) is 4.90 Å². The summed E-state index contributed by atoms with van der Waals surface area (Å²) in [6, 6.07) is 3.80. The molecule has 0 aliphatic carbocycles. The van der Waals surface area contributed by atoms with Gasteiger partial charge in [-0.25, -0.2) is 4.79 Å². The molecule has 5 heteroatoms. The zero-order valence-electron chi connectivity index (χ0n) is 10.3. The van der Waals surface area contributed by atoms with Crippen LogP contribution in [0.15, 0.2) is 22.8 Å². The molecule has 1 N–H and O–H groups in total. The number of pyridine rings is 1. The molecule has 1 amide bonds. The second kappa shape index (κ2) is 5.49. The number of amides is 1. The van der Waals surface area contributed by atoms with Gasteiger partial charge in [-0.3, -0.25) is 4.98 Å². The van der Waals surface area contributed by atoms with Crippen molar-refractivity contribution in [1.82, 2.24) is 9.88 Å². The van der Waals surface area contributed by atoms with E-state index in [1.807, 2.05) is 32.9 Å². The van der Waals surface area contributed by atoms with Crippen molar-refractivity contribution in [2.75, 3.05) is 6.54 Å². The normalized spacial score (nSPS) is 11.3. The van der Waals surface area contributed by atoms with Gasteiger partial charge in [0.15, 0.2) is 0 Å². The topological polar surface area (TPSA) is 53.4 Å². The van der Waals surface area contributed by atoms with E-state index in [0.29, 0.717) is 13.0 Å². The number of nitrogens with zero attached hydrogens (tertiary/aromatic N) is 2. The molecular weight excluding hydrogens is 284 g/mol. The highest BCUT2D eigenvalue weighted by atomic mass is 79.9. The van der Waals surface area contributed by atoms with E-state index < -0.39 is 6.09 Å². The fourth-order valence-corrected chi connectivity index (χ4v) is 1.73. The zero-order valence-corrected chi connectivity index (χ0v) is 11.9. The number of carboxylic acid groups (broad SMARTS) is 1. The van der Waals surface area contributed by atoms with Crippen molar-refractivity contribution in [3.63, 3.8) is 0 Å². The Balaban J connectivity index is 2.65. The van der Waals surface area contributed by atoms with Crippen molar-refractivity contribution in [2.24, 2.45) is 0 Å². The molecule has 0 aromatic carbocycles. The lowest BCUT2D eigenvalue weighted by Gasteiger charge is -2.33. The van der Waals surface area contributed by atoms with Gasteiger partial charge in [0.1, 0.15) is 0 Å². The molecular formula is C12H17BrN2O2. The smallest absolute Gasteiger partial charge is 0.407 e. The maximum atomic E-state index is 11.1. The monoisotopic (exact) mass is 300 g/mol. The number of hydrogen-bond donors (Lipinski definition) is 1. The largest absolute Gasteiger partial charge is 0.465 e. The third kappa shape index (κ3) is 4.34. The van der Waals surface area contributed by atoms with Gasteiger partial charge in [-0.2, -0.15) is 0 Å². The highest BCUT2D eigenvalue weighted by Gasteiger charge is 2.25. The maximum Gasteiger partial charge on any atom is 0.407 e. The summed E-state index contributed by atoms with van der Waals surface area (Å²) in [5, 5.41) is 9.13. The molecule has 0 aliphatic rings. The third-order valence-electron chi connectivity index (χ3n) is 2.42. The SMILES string of the molecule is CC(C)(C)N(CCc1ccc(Br)cn1)C(=O)O.